The molecule has 1 atom stereocenters. The predicted octanol–water partition coefficient (Wildman–Crippen LogP) is 8.33. The molecular weight excluding hydrogens is 418 g/mol. The minimum Gasteiger partial charge on any atom is -0.248 e. The molecule has 2 rings (SSSR count). The van der Waals surface area contributed by atoms with E-state index < -0.39 is 0 Å². The molecule has 174 valence electrons. The summed E-state index contributed by atoms with van der Waals surface area (Å²) in [5, 5.41) is 4.79. The highest BCUT2D eigenvalue weighted by molar-refractivity contribution is 7.84. The first-order chi connectivity index (χ1) is 15.3. The third-order valence-corrected chi connectivity index (χ3v) is 6.99. The summed E-state index contributed by atoms with van der Waals surface area (Å²) in [4.78, 5) is 4.76. The van der Waals surface area contributed by atoms with Gasteiger partial charge >= 0.3 is 0 Å². The van der Waals surface area contributed by atoms with Crippen LogP contribution in [0, 0.1) is 0 Å². The molecule has 0 saturated heterocycles. The van der Waals surface area contributed by atoms with E-state index in [1.165, 1.54) is 83.5 Å². The topological polar surface area (TPSA) is 30.7 Å². The van der Waals surface area contributed by atoms with Gasteiger partial charge in [-0.15, -0.1) is 0 Å². The van der Waals surface area contributed by atoms with Crippen LogP contribution in [0.15, 0.2) is 30.3 Å². The van der Waals surface area contributed by atoms with Gasteiger partial charge in [0, 0.05) is 17.9 Å². The summed E-state index contributed by atoms with van der Waals surface area (Å²) in [6, 6.07) is 10.2. The number of aryl methyl sites for hydroxylation is 1. The summed E-state index contributed by atoms with van der Waals surface area (Å²) in [6.07, 6.45) is 19.3. The second-order valence-corrected chi connectivity index (χ2v) is 9.67. The Labute approximate surface area is 201 Å². The maximum Gasteiger partial charge on any atom is 0.181 e. The van der Waals surface area contributed by atoms with Gasteiger partial charge in [0.1, 0.15) is 5.82 Å². The molecule has 0 bridgehead atoms. The second-order valence-electron chi connectivity index (χ2n) is 8.68. The Morgan fingerprint density at radius 3 is 1.81 bits per heavy atom. The van der Waals surface area contributed by atoms with E-state index in [1.54, 1.807) is 0 Å². The van der Waals surface area contributed by atoms with Gasteiger partial charge in [-0.05, 0) is 6.42 Å². The standard InChI is InChI=1S/C26H43N3S2/c1-2-3-4-5-6-7-8-9-10-11-12-13-14-18-21-29-26(24(31)22-30)27-25(28-29)23-19-16-15-17-20-23/h15-17,19-20,24,30-31H,2-14,18,21-22H2,1H3. The van der Waals surface area contributed by atoms with Crippen molar-refractivity contribution in [1.29, 1.82) is 0 Å². The van der Waals surface area contributed by atoms with Crippen molar-refractivity contribution >= 4 is 25.3 Å². The fourth-order valence-electron chi connectivity index (χ4n) is 4.01. The largest absolute Gasteiger partial charge is 0.248 e. The van der Waals surface area contributed by atoms with E-state index >= 15 is 0 Å². The highest BCUT2D eigenvalue weighted by Crippen LogP contribution is 2.24. The number of hydrogen-bond acceptors (Lipinski definition) is 4. The molecule has 5 heteroatoms. The van der Waals surface area contributed by atoms with Crippen LogP contribution in [0.1, 0.15) is 108 Å². The summed E-state index contributed by atoms with van der Waals surface area (Å²) >= 11 is 9.07. The van der Waals surface area contributed by atoms with Crippen LogP contribution in [0.2, 0.25) is 0 Å². The van der Waals surface area contributed by atoms with Crippen molar-refractivity contribution in [3.05, 3.63) is 36.2 Å². The SMILES string of the molecule is CCCCCCCCCCCCCCCCn1nc(-c2ccccc2)nc1C(S)CS. The molecule has 0 aliphatic carbocycles. The van der Waals surface area contributed by atoms with Crippen molar-refractivity contribution in [3.63, 3.8) is 0 Å². The highest BCUT2D eigenvalue weighted by Gasteiger charge is 2.16. The summed E-state index contributed by atoms with van der Waals surface area (Å²) in [5.74, 6) is 2.39. The van der Waals surface area contributed by atoms with Crippen LogP contribution in [-0.2, 0) is 6.54 Å². The van der Waals surface area contributed by atoms with Gasteiger partial charge in [0.2, 0.25) is 0 Å². The Morgan fingerprint density at radius 2 is 1.29 bits per heavy atom. The minimum atomic E-state index is 0.0138. The molecule has 0 radical (unpaired) electrons. The van der Waals surface area contributed by atoms with Crippen LogP contribution in [0.25, 0.3) is 11.4 Å². The maximum atomic E-state index is 4.77. The molecule has 0 N–H and O–H groups in total. The van der Waals surface area contributed by atoms with Gasteiger partial charge in [-0.2, -0.15) is 30.4 Å². The van der Waals surface area contributed by atoms with E-state index in [0.717, 1.165) is 30.2 Å². The molecule has 0 aliphatic rings. The lowest BCUT2D eigenvalue weighted by Crippen LogP contribution is -2.08. The van der Waals surface area contributed by atoms with Crippen molar-refractivity contribution in [2.24, 2.45) is 0 Å². The van der Waals surface area contributed by atoms with Crippen molar-refractivity contribution < 1.29 is 0 Å². The molecule has 0 spiro atoms. The first kappa shape index (κ1) is 26.3. The van der Waals surface area contributed by atoms with E-state index in [4.69, 9.17) is 10.1 Å². The maximum absolute atomic E-state index is 4.77. The molecule has 0 saturated carbocycles. The lowest BCUT2D eigenvalue weighted by molar-refractivity contribution is 0.501. The van der Waals surface area contributed by atoms with Gasteiger partial charge in [0.05, 0.1) is 5.25 Å². The number of nitrogens with zero attached hydrogens (tertiary/aromatic N) is 3. The molecule has 3 nitrogen and oxygen atoms in total. The van der Waals surface area contributed by atoms with Crippen molar-refractivity contribution in [2.75, 3.05) is 5.75 Å². The van der Waals surface area contributed by atoms with Crippen LogP contribution in [0.3, 0.4) is 0 Å². The highest BCUT2D eigenvalue weighted by atomic mass is 32.1. The first-order valence-electron chi connectivity index (χ1n) is 12.5. The lowest BCUT2D eigenvalue weighted by atomic mass is 10.0. The van der Waals surface area contributed by atoms with Gasteiger partial charge < -0.3 is 0 Å². The Hall–Kier alpha value is -0.940. The zero-order chi connectivity index (χ0) is 22.2. The molecule has 1 unspecified atom stereocenters. The zero-order valence-corrected chi connectivity index (χ0v) is 21.3. The van der Waals surface area contributed by atoms with Gasteiger partial charge in [0.15, 0.2) is 5.82 Å². The number of hydrogen-bond donors (Lipinski definition) is 2. The van der Waals surface area contributed by atoms with Crippen LogP contribution in [-0.4, -0.2) is 20.5 Å². The molecule has 0 amide bonds. The van der Waals surface area contributed by atoms with E-state index in [-0.39, 0.29) is 5.25 Å². The summed E-state index contributed by atoms with van der Waals surface area (Å²) in [6.45, 7) is 3.20. The molecule has 0 aliphatic heterocycles. The minimum absolute atomic E-state index is 0.0138. The summed E-state index contributed by atoms with van der Waals surface area (Å²) in [5.41, 5.74) is 1.06. The van der Waals surface area contributed by atoms with E-state index in [9.17, 15) is 0 Å². The number of benzene rings is 1. The van der Waals surface area contributed by atoms with Crippen molar-refractivity contribution in [1.82, 2.24) is 14.8 Å². The predicted molar refractivity (Wildman–Crippen MR) is 141 cm³/mol. The average Bonchev–Trinajstić information content (AvgIpc) is 3.23. The number of rotatable bonds is 18. The van der Waals surface area contributed by atoms with Gasteiger partial charge in [0.25, 0.3) is 0 Å². The smallest absolute Gasteiger partial charge is 0.181 e. The van der Waals surface area contributed by atoms with Gasteiger partial charge in [-0.25, -0.2) is 9.67 Å². The van der Waals surface area contributed by atoms with Crippen molar-refractivity contribution in [3.8, 4) is 11.4 Å². The Kier molecular flexibility index (Phi) is 14.1. The molecule has 1 aromatic heterocycles. The number of thiol groups is 2. The average molecular weight is 462 g/mol. The van der Waals surface area contributed by atoms with Crippen molar-refractivity contribution in [2.45, 2.75) is 109 Å². The Morgan fingerprint density at radius 1 is 0.774 bits per heavy atom. The lowest BCUT2D eigenvalue weighted by Gasteiger charge is -2.09. The first-order valence-corrected chi connectivity index (χ1v) is 13.7. The molecular formula is C26H43N3S2. The molecule has 1 heterocycles. The number of aromatic nitrogens is 3. The number of unbranched alkanes of at least 4 members (excludes halogenated alkanes) is 13. The normalized spacial score (nSPS) is 12.4. The van der Waals surface area contributed by atoms with Crippen LogP contribution >= 0.6 is 25.3 Å². The molecule has 1 aromatic carbocycles. The second kappa shape index (κ2) is 16.7. The monoisotopic (exact) mass is 461 g/mol. The summed E-state index contributed by atoms with van der Waals surface area (Å²) in [7, 11) is 0. The van der Waals surface area contributed by atoms with E-state index in [2.05, 4.69) is 49.0 Å². The van der Waals surface area contributed by atoms with E-state index in [1.807, 2.05) is 18.2 Å². The fourth-order valence-corrected chi connectivity index (χ4v) is 4.37. The fraction of sp³-hybridized carbons (Fsp3) is 0.692. The van der Waals surface area contributed by atoms with Gasteiger partial charge in [-0.3, -0.25) is 0 Å². The molecule has 2 aromatic rings. The summed E-state index contributed by atoms with van der Waals surface area (Å²) < 4.78 is 2.05. The van der Waals surface area contributed by atoms with Gasteiger partial charge in [-0.1, -0.05) is 121 Å². The van der Waals surface area contributed by atoms with E-state index in [0.29, 0.717) is 5.75 Å². The zero-order valence-electron chi connectivity index (χ0n) is 19.5. The molecule has 0 fully saturated rings. The third kappa shape index (κ3) is 10.5. The molecule has 31 heavy (non-hydrogen) atoms. The third-order valence-electron chi connectivity index (χ3n) is 5.93. The van der Waals surface area contributed by atoms with Crippen LogP contribution in [0.4, 0.5) is 0 Å². The Bertz CT molecular complexity index is 687. The quantitative estimate of drug-likeness (QED) is 0.173. The van der Waals surface area contributed by atoms with Crippen LogP contribution < -0.4 is 0 Å². The van der Waals surface area contributed by atoms with Crippen LogP contribution in [0.5, 0.6) is 0 Å². The Balaban J connectivity index is 1.59.